The van der Waals surface area contributed by atoms with Gasteiger partial charge in [-0.15, -0.1) is 11.6 Å². The zero-order chi connectivity index (χ0) is 15.4. The van der Waals surface area contributed by atoms with Crippen LogP contribution in [0.2, 0.25) is 0 Å². The van der Waals surface area contributed by atoms with Crippen LogP contribution in [0.4, 0.5) is 0 Å². The Hall–Kier alpha value is -2.00. The van der Waals surface area contributed by atoms with Crippen LogP contribution in [0, 0.1) is 6.92 Å². The first-order valence-corrected chi connectivity index (χ1v) is 7.93. The predicted molar refractivity (Wildman–Crippen MR) is 88.8 cm³/mol. The molecule has 0 saturated heterocycles. The molecule has 0 aliphatic rings. The topological polar surface area (TPSA) is 35.3 Å². The molecule has 1 aromatic heterocycles. The molecule has 0 aliphatic carbocycles. The van der Waals surface area contributed by atoms with Crippen LogP contribution in [0.3, 0.4) is 0 Å². The van der Waals surface area contributed by atoms with Crippen molar-refractivity contribution in [1.82, 2.24) is 5.16 Å². The van der Waals surface area contributed by atoms with Crippen molar-refractivity contribution in [1.29, 1.82) is 0 Å². The molecule has 4 heteroatoms. The lowest BCUT2D eigenvalue weighted by molar-refractivity contribution is 0.319. The smallest absolute Gasteiger partial charge is 0.173 e. The van der Waals surface area contributed by atoms with Crippen molar-refractivity contribution in [2.24, 2.45) is 0 Å². The molecule has 0 unspecified atom stereocenters. The SMILES string of the molecule is Cc1c(OCCc2ccccc2)ccc2c(CCCl)noc12. The molecule has 2 aromatic carbocycles. The summed E-state index contributed by atoms with van der Waals surface area (Å²) in [5, 5.41) is 5.12. The fourth-order valence-corrected chi connectivity index (χ4v) is 2.70. The maximum Gasteiger partial charge on any atom is 0.173 e. The highest BCUT2D eigenvalue weighted by Crippen LogP contribution is 2.29. The van der Waals surface area contributed by atoms with Gasteiger partial charge in [-0.25, -0.2) is 0 Å². The predicted octanol–water partition coefficient (Wildman–Crippen LogP) is 4.54. The van der Waals surface area contributed by atoms with Gasteiger partial charge < -0.3 is 9.26 Å². The summed E-state index contributed by atoms with van der Waals surface area (Å²) in [6, 6.07) is 14.3. The summed E-state index contributed by atoms with van der Waals surface area (Å²) in [5.41, 5.74) is 3.95. The molecule has 0 aliphatic heterocycles. The van der Waals surface area contributed by atoms with E-state index in [2.05, 4.69) is 17.3 Å². The van der Waals surface area contributed by atoms with Crippen LogP contribution in [-0.4, -0.2) is 17.6 Å². The normalized spacial score (nSPS) is 11.0. The van der Waals surface area contributed by atoms with E-state index in [0.717, 1.165) is 34.4 Å². The minimum absolute atomic E-state index is 0.538. The van der Waals surface area contributed by atoms with Crippen molar-refractivity contribution < 1.29 is 9.26 Å². The van der Waals surface area contributed by atoms with Crippen LogP contribution in [0.5, 0.6) is 5.75 Å². The lowest BCUT2D eigenvalue weighted by atomic mass is 10.1. The molecule has 114 valence electrons. The van der Waals surface area contributed by atoms with E-state index >= 15 is 0 Å². The van der Waals surface area contributed by atoms with E-state index in [1.807, 2.05) is 37.3 Å². The first-order chi connectivity index (χ1) is 10.8. The molecule has 1 heterocycles. The van der Waals surface area contributed by atoms with E-state index in [9.17, 15) is 0 Å². The third kappa shape index (κ3) is 3.09. The number of rotatable bonds is 6. The summed E-state index contributed by atoms with van der Waals surface area (Å²) in [4.78, 5) is 0. The minimum atomic E-state index is 0.538. The Morgan fingerprint density at radius 3 is 2.68 bits per heavy atom. The van der Waals surface area contributed by atoms with E-state index in [4.69, 9.17) is 20.9 Å². The summed E-state index contributed by atoms with van der Waals surface area (Å²) in [6.07, 6.45) is 1.59. The summed E-state index contributed by atoms with van der Waals surface area (Å²) >= 11 is 5.78. The van der Waals surface area contributed by atoms with Gasteiger partial charge in [-0.1, -0.05) is 35.5 Å². The molecule has 0 fully saturated rings. The molecular weight excluding hydrogens is 298 g/mol. The molecule has 22 heavy (non-hydrogen) atoms. The number of hydrogen-bond donors (Lipinski definition) is 0. The van der Waals surface area contributed by atoms with Crippen LogP contribution in [0.1, 0.15) is 16.8 Å². The highest BCUT2D eigenvalue weighted by atomic mass is 35.5. The monoisotopic (exact) mass is 315 g/mol. The van der Waals surface area contributed by atoms with E-state index in [0.29, 0.717) is 18.9 Å². The second-order valence-electron chi connectivity index (χ2n) is 5.22. The van der Waals surface area contributed by atoms with Gasteiger partial charge in [0.05, 0.1) is 12.3 Å². The van der Waals surface area contributed by atoms with Gasteiger partial charge in [0.2, 0.25) is 0 Å². The molecule has 3 rings (SSSR count). The number of aryl methyl sites for hydroxylation is 2. The second kappa shape index (κ2) is 6.84. The summed E-state index contributed by atoms with van der Waals surface area (Å²) in [7, 11) is 0. The van der Waals surface area contributed by atoms with Crippen molar-refractivity contribution in [3.63, 3.8) is 0 Å². The summed E-state index contributed by atoms with van der Waals surface area (Å²) in [6.45, 7) is 2.63. The van der Waals surface area contributed by atoms with Gasteiger partial charge in [-0.05, 0) is 24.6 Å². The van der Waals surface area contributed by atoms with Crippen LogP contribution in [0.25, 0.3) is 11.0 Å². The Kier molecular flexibility index (Phi) is 4.64. The lowest BCUT2D eigenvalue weighted by Crippen LogP contribution is -2.02. The van der Waals surface area contributed by atoms with Crippen LogP contribution in [-0.2, 0) is 12.8 Å². The summed E-state index contributed by atoms with van der Waals surface area (Å²) in [5.74, 6) is 1.38. The summed E-state index contributed by atoms with van der Waals surface area (Å²) < 4.78 is 11.4. The number of nitrogens with zero attached hydrogens (tertiary/aromatic N) is 1. The highest BCUT2D eigenvalue weighted by molar-refractivity contribution is 6.18. The Morgan fingerprint density at radius 1 is 1.09 bits per heavy atom. The van der Waals surface area contributed by atoms with Crippen molar-refractivity contribution in [2.75, 3.05) is 12.5 Å². The molecule has 3 aromatic rings. The minimum Gasteiger partial charge on any atom is -0.493 e. The maximum absolute atomic E-state index is 5.90. The highest BCUT2D eigenvalue weighted by Gasteiger charge is 2.13. The van der Waals surface area contributed by atoms with Crippen LogP contribution in [0.15, 0.2) is 47.0 Å². The standard InChI is InChI=1S/C18H18ClNO2/c1-13-17(21-12-10-14-5-3-2-4-6-14)8-7-15-16(9-11-19)20-22-18(13)15/h2-8H,9-12H2,1H3. The molecule has 0 saturated carbocycles. The first-order valence-electron chi connectivity index (χ1n) is 7.40. The second-order valence-corrected chi connectivity index (χ2v) is 5.60. The molecule has 0 spiro atoms. The number of fused-ring (bicyclic) bond motifs is 1. The molecule has 0 atom stereocenters. The van der Waals surface area contributed by atoms with Crippen LogP contribution >= 0.6 is 11.6 Å². The quantitative estimate of drug-likeness (QED) is 0.626. The zero-order valence-electron chi connectivity index (χ0n) is 12.5. The number of hydrogen-bond acceptors (Lipinski definition) is 3. The Labute approximate surface area is 134 Å². The Bertz CT molecular complexity index is 752. The molecule has 3 nitrogen and oxygen atoms in total. The van der Waals surface area contributed by atoms with Gasteiger partial charge in [0.1, 0.15) is 5.75 Å². The van der Waals surface area contributed by atoms with Crippen molar-refractivity contribution in [2.45, 2.75) is 19.8 Å². The third-order valence-corrected chi connectivity index (χ3v) is 3.93. The van der Waals surface area contributed by atoms with Gasteiger partial charge >= 0.3 is 0 Å². The van der Waals surface area contributed by atoms with Gasteiger partial charge in [0.15, 0.2) is 5.58 Å². The lowest BCUT2D eigenvalue weighted by Gasteiger charge is -2.09. The molecular formula is C18H18ClNO2. The van der Waals surface area contributed by atoms with Crippen molar-refractivity contribution in [3.8, 4) is 5.75 Å². The molecule has 0 bridgehead atoms. The van der Waals surface area contributed by atoms with E-state index in [1.54, 1.807) is 0 Å². The van der Waals surface area contributed by atoms with Gasteiger partial charge in [-0.3, -0.25) is 0 Å². The van der Waals surface area contributed by atoms with Gasteiger partial charge in [0, 0.05) is 29.7 Å². The number of aromatic nitrogens is 1. The van der Waals surface area contributed by atoms with Gasteiger partial charge in [-0.2, -0.15) is 0 Å². The maximum atomic E-state index is 5.90. The zero-order valence-corrected chi connectivity index (χ0v) is 13.3. The first kappa shape index (κ1) is 14.9. The average Bonchev–Trinajstić information content (AvgIpc) is 2.95. The fourth-order valence-electron chi connectivity index (χ4n) is 2.52. The number of benzene rings is 2. The van der Waals surface area contributed by atoms with E-state index < -0.39 is 0 Å². The Balaban J connectivity index is 1.73. The molecule has 0 amide bonds. The number of ether oxygens (including phenoxy) is 1. The fraction of sp³-hybridized carbons (Fsp3) is 0.278. The third-order valence-electron chi connectivity index (χ3n) is 3.74. The van der Waals surface area contributed by atoms with E-state index in [-0.39, 0.29) is 0 Å². The average molecular weight is 316 g/mol. The largest absolute Gasteiger partial charge is 0.493 e. The van der Waals surface area contributed by atoms with Crippen molar-refractivity contribution in [3.05, 3.63) is 59.3 Å². The Morgan fingerprint density at radius 2 is 1.91 bits per heavy atom. The van der Waals surface area contributed by atoms with Crippen molar-refractivity contribution >= 4 is 22.6 Å². The van der Waals surface area contributed by atoms with Gasteiger partial charge in [0.25, 0.3) is 0 Å². The van der Waals surface area contributed by atoms with Crippen LogP contribution < -0.4 is 4.74 Å². The molecule has 0 N–H and O–H groups in total. The number of alkyl halides is 1. The number of halogens is 1. The molecule has 0 radical (unpaired) electrons. The van der Waals surface area contributed by atoms with E-state index in [1.165, 1.54) is 5.56 Å².